The SMILES string of the molecule is CC(C)c1cc(-c2ccc(F)cc2)c(OCc2ccccc2)c2c1C(C=CC=O)C(C)(C)O2. The van der Waals surface area contributed by atoms with Gasteiger partial charge in [0.25, 0.3) is 0 Å². The second-order valence-corrected chi connectivity index (χ2v) is 9.23. The smallest absolute Gasteiger partial charge is 0.169 e. The highest BCUT2D eigenvalue weighted by Gasteiger charge is 2.44. The van der Waals surface area contributed by atoms with Gasteiger partial charge in [0.05, 0.1) is 0 Å². The molecule has 3 aromatic rings. The number of rotatable bonds is 7. The van der Waals surface area contributed by atoms with E-state index in [1.54, 1.807) is 12.1 Å². The Kier molecular flexibility index (Phi) is 6.37. The van der Waals surface area contributed by atoms with E-state index in [9.17, 15) is 9.18 Å². The highest BCUT2D eigenvalue weighted by Crippen LogP contribution is 2.56. The van der Waals surface area contributed by atoms with Crippen LogP contribution in [0.15, 0.2) is 72.8 Å². The molecule has 0 spiro atoms. The van der Waals surface area contributed by atoms with E-state index < -0.39 is 5.60 Å². The quantitative estimate of drug-likeness (QED) is 0.285. The van der Waals surface area contributed by atoms with Crippen LogP contribution in [0.4, 0.5) is 4.39 Å². The van der Waals surface area contributed by atoms with E-state index in [-0.39, 0.29) is 17.7 Å². The van der Waals surface area contributed by atoms with E-state index in [1.807, 2.05) is 50.3 Å². The molecule has 33 heavy (non-hydrogen) atoms. The Hall–Kier alpha value is -3.40. The number of hydrogen-bond acceptors (Lipinski definition) is 3. The first-order valence-corrected chi connectivity index (χ1v) is 11.3. The third-order valence-corrected chi connectivity index (χ3v) is 6.12. The van der Waals surface area contributed by atoms with Crippen molar-refractivity contribution in [1.29, 1.82) is 0 Å². The summed E-state index contributed by atoms with van der Waals surface area (Å²) in [6.07, 6.45) is 4.24. The zero-order valence-corrected chi connectivity index (χ0v) is 19.5. The predicted molar refractivity (Wildman–Crippen MR) is 129 cm³/mol. The van der Waals surface area contributed by atoms with Crippen LogP contribution in [-0.2, 0) is 11.4 Å². The average Bonchev–Trinajstić information content (AvgIpc) is 3.06. The van der Waals surface area contributed by atoms with Gasteiger partial charge in [0, 0.05) is 17.0 Å². The van der Waals surface area contributed by atoms with E-state index in [0.717, 1.165) is 34.1 Å². The first kappa shape index (κ1) is 22.8. The molecule has 1 heterocycles. The maximum atomic E-state index is 13.7. The first-order valence-electron chi connectivity index (χ1n) is 11.3. The van der Waals surface area contributed by atoms with Crippen molar-refractivity contribution in [3.63, 3.8) is 0 Å². The monoisotopic (exact) mass is 444 g/mol. The van der Waals surface area contributed by atoms with Gasteiger partial charge >= 0.3 is 0 Å². The molecule has 4 heteroatoms. The van der Waals surface area contributed by atoms with Crippen LogP contribution >= 0.6 is 0 Å². The lowest BCUT2D eigenvalue weighted by molar-refractivity contribution is -0.104. The van der Waals surface area contributed by atoms with Crippen molar-refractivity contribution >= 4 is 6.29 Å². The Labute approximate surface area is 194 Å². The summed E-state index contributed by atoms with van der Waals surface area (Å²) in [5, 5.41) is 0. The summed E-state index contributed by atoms with van der Waals surface area (Å²) in [5.74, 6) is 1.16. The van der Waals surface area contributed by atoms with Gasteiger partial charge in [0.1, 0.15) is 24.3 Å². The molecule has 0 amide bonds. The lowest BCUT2D eigenvalue weighted by Gasteiger charge is -2.24. The van der Waals surface area contributed by atoms with Gasteiger partial charge in [0.15, 0.2) is 11.5 Å². The number of ether oxygens (including phenoxy) is 2. The summed E-state index contributed by atoms with van der Waals surface area (Å²) in [4.78, 5) is 11.1. The second-order valence-electron chi connectivity index (χ2n) is 9.23. The highest BCUT2D eigenvalue weighted by molar-refractivity contribution is 5.78. The summed E-state index contributed by atoms with van der Waals surface area (Å²) < 4.78 is 26.6. The van der Waals surface area contributed by atoms with Gasteiger partial charge in [-0.05, 0) is 60.7 Å². The Bertz CT molecular complexity index is 1160. The Morgan fingerprint density at radius 1 is 1.09 bits per heavy atom. The largest absolute Gasteiger partial charge is 0.484 e. The topological polar surface area (TPSA) is 35.5 Å². The van der Waals surface area contributed by atoms with Crippen molar-refractivity contribution < 1.29 is 18.7 Å². The highest BCUT2D eigenvalue weighted by atomic mass is 19.1. The van der Waals surface area contributed by atoms with Crippen molar-refractivity contribution in [1.82, 2.24) is 0 Å². The number of carbonyl (C=O) groups excluding carboxylic acids is 1. The third-order valence-electron chi connectivity index (χ3n) is 6.12. The van der Waals surface area contributed by atoms with Crippen LogP contribution in [0.3, 0.4) is 0 Å². The van der Waals surface area contributed by atoms with Crippen LogP contribution in [0.5, 0.6) is 11.5 Å². The van der Waals surface area contributed by atoms with Crippen LogP contribution < -0.4 is 9.47 Å². The minimum absolute atomic E-state index is 0.101. The third kappa shape index (κ3) is 4.56. The summed E-state index contributed by atoms with van der Waals surface area (Å²) in [7, 11) is 0. The Morgan fingerprint density at radius 3 is 2.42 bits per heavy atom. The maximum Gasteiger partial charge on any atom is 0.169 e. The number of aldehydes is 1. The molecular formula is C29H29FO3. The van der Waals surface area contributed by atoms with Gasteiger partial charge in [0.2, 0.25) is 0 Å². The van der Waals surface area contributed by atoms with Gasteiger partial charge in [-0.15, -0.1) is 0 Å². The molecule has 0 saturated carbocycles. The number of hydrogen-bond donors (Lipinski definition) is 0. The van der Waals surface area contributed by atoms with Crippen LogP contribution in [-0.4, -0.2) is 11.9 Å². The Balaban J connectivity index is 1.93. The minimum Gasteiger partial charge on any atom is -0.484 e. The molecule has 0 N–H and O–H groups in total. The Morgan fingerprint density at radius 2 is 1.79 bits per heavy atom. The number of halogens is 1. The van der Waals surface area contributed by atoms with Gasteiger partial charge < -0.3 is 9.47 Å². The molecule has 1 atom stereocenters. The van der Waals surface area contributed by atoms with Gasteiger partial charge in [-0.1, -0.05) is 62.4 Å². The lowest BCUT2D eigenvalue weighted by Crippen LogP contribution is -2.29. The molecule has 0 aliphatic carbocycles. The zero-order chi connectivity index (χ0) is 23.6. The molecule has 0 aromatic heterocycles. The molecule has 0 saturated heterocycles. The fourth-order valence-corrected chi connectivity index (χ4v) is 4.45. The fourth-order valence-electron chi connectivity index (χ4n) is 4.45. The lowest BCUT2D eigenvalue weighted by atomic mass is 9.80. The molecule has 170 valence electrons. The van der Waals surface area contributed by atoms with Crippen molar-refractivity contribution in [2.45, 2.75) is 51.7 Å². The number of fused-ring (bicyclic) bond motifs is 1. The molecule has 0 bridgehead atoms. The summed E-state index contributed by atoms with van der Waals surface area (Å²) in [6, 6.07) is 18.5. The van der Waals surface area contributed by atoms with Crippen LogP contribution in [0.1, 0.15) is 56.2 Å². The number of benzene rings is 3. The maximum absolute atomic E-state index is 13.7. The fraction of sp³-hybridized carbons (Fsp3) is 0.276. The zero-order valence-electron chi connectivity index (χ0n) is 19.5. The second kappa shape index (κ2) is 9.22. The molecule has 1 unspecified atom stereocenters. The molecule has 0 radical (unpaired) electrons. The average molecular weight is 445 g/mol. The van der Waals surface area contributed by atoms with E-state index in [0.29, 0.717) is 18.1 Å². The minimum atomic E-state index is -0.558. The summed E-state index contributed by atoms with van der Waals surface area (Å²) in [6.45, 7) is 8.70. The normalized spacial score (nSPS) is 16.6. The van der Waals surface area contributed by atoms with Gasteiger partial charge in [-0.3, -0.25) is 4.79 Å². The van der Waals surface area contributed by atoms with Crippen molar-refractivity contribution in [2.24, 2.45) is 0 Å². The van der Waals surface area contributed by atoms with E-state index in [4.69, 9.17) is 9.47 Å². The molecule has 3 aromatic carbocycles. The van der Waals surface area contributed by atoms with E-state index in [1.165, 1.54) is 18.2 Å². The van der Waals surface area contributed by atoms with Crippen molar-refractivity contribution in [3.8, 4) is 22.6 Å². The standard InChI is InChI=1S/C29H29FO3/c1-19(2)23-17-24(21-12-14-22(30)15-13-21)27(32-18-20-9-6-5-7-10-20)28-26(23)25(11-8-16-31)29(3,4)33-28/h5-17,19,25H,18H2,1-4H3. The van der Waals surface area contributed by atoms with Crippen LogP contribution in [0, 0.1) is 5.82 Å². The van der Waals surface area contributed by atoms with Crippen LogP contribution in [0.2, 0.25) is 0 Å². The number of carbonyl (C=O) groups is 1. The molecule has 4 rings (SSSR count). The molecular weight excluding hydrogens is 415 g/mol. The summed E-state index contributed by atoms with van der Waals surface area (Å²) >= 11 is 0. The van der Waals surface area contributed by atoms with E-state index >= 15 is 0 Å². The molecule has 0 fully saturated rings. The molecule has 1 aliphatic heterocycles. The predicted octanol–water partition coefficient (Wildman–Crippen LogP) is 7.20. The molecule has 1 aliphatic rings. The number of allylic oxidation sites excluding steroid dienone is 1. The van der Waals surface area contributed by atoms with Gasteiger partial charge in [-0.2, -0.15) is 0 Å². The van der Waals surface area contributed by atoms with E-state index in [2.05, 4.69) is 19.9 Å². The van der Waals surface area contributed by atoms with Crippen molar-refractivity contribution in [2.75, 3.05) is 0 Å². The van der Waals surface area contributed by atoms with Crippen LogP contribution in [0.25, 0.3) is 11.1 Å². The first-order chi connectivity index (χ1) is 15.8. The summed E-state index contributed by atoms with van der Waals surface area (Å²) in [5.41, 5.74) is 4.38. The van der Waals surface area contributed by atoms with Gasteiger partial charge in [-0.25, -0.2) is 4.39 Å². The van der Waals surface area contributed by atoms with Crippen molar-refractivity contribution in [3.05, 3.63) is 95.3 Å². The molecule has 3 nitrogen and oxygen atoms in total.